The van der Waals surface area contributed by atoms with Gasteiger partial charge in [0.1, 0.15) is 5.82 Å². The number of aryl methyl sites for hydroxylation is 2. The summed E-state index contributed by atoms with van der Waals surface area (Å²) in [6.07, 6.45) is 1.000. The second kappa shape index (κ2) is 5.91. The molecule has 0 radical (unpaired) electrons. The van der Waals surface area contributed by atoms with Crippen molar-refractivity contribution in [2.24, 2.45) is 7.05 Å². The molecule has 3 heterocycles. The van der Waals surface area contributed by atoms with Crippen LogP contribution in [0.25, 0.3) is 0 Å². The zero-order valence-electron chi connectivity index (χ0n) is 14.2. The van der Waals surface area contributed by atoms with Gasteiger partial charge in [0.05, 0.1) is 24.3 Å². The molecule has 2 aliphatic rings. The summed E-state index contributed by atoms with van der Waals surface area (Å²) in [7, 11) is 1.70. The van der Waals surface area contributed by atoms with Gasteiger partial charge in [0.25, 0.3) is 5.56 Å². The fourth-order valence-electron chi connectivity index (χ4n) is 3.21. The van der Waals surface area contributed by atoms with Crippen molar-refractivity contribution >= 4 is 5.91 Å². The molecule has 130 valence electrons. The Balaban J connectivity index is 1.43. The maximum Gasteiger partial charge on any atom is 0.258 e. The molecule has 1 amide bonds. The Morgan fingerprint density at radius 3 is 2.88 bits per heavy atom. The topological polar surface area (TPSA) is 73.7 Å². The zero-order chi connectivity index (χ0) is 17.6. The van der Waals surface area contributed by atoms with Crippen molar-refractivity contribution in [2.75, 3.05) is 6.79 Å². The minimum atomic E-state index is -0.0615. The lowest BCUT2D eigenvalue weighted by Gasteiger charge is -2.14. The molecule has 2 aromatic rings. The van der Waals surface area contributed by atoms with Gasteiger partial charge in [-0.2, -0.15) is 0 Å². The smallest absolute Gasteiger partial charge is 0.258 e. The predicted molar refractivity (Wildman–Crippen MR) is 89.4 cm³/mol. The summed E-state index contributed by atoms with van der Waals surface area (Å²) in [5, 5.41) is 0. The molecule has 0 atom stereocenters. The summed E-state index contributed by atoms with van der Waals surface area (Å²) in [6.45, 7) is 2.79. The Morgan fingerprint density at radius 1 is 1.24 bits per heavy atom. The van der Waals surface area contributed by atoms with Gasteiger partial charge in [0.15, 0.2) is 11.5 Å². The van der Waals surface area contributed by atoms with Crippen molar-refractivity contribution in [1.29, 1.82) is 0 Å². The molecule has 7 heteroatoms. The van der Waals surface area contributed by atoms with Gasteiger partial charge in [0, 0.05) is 13.5 Å². The maximum absolute atomic E-state index is 12.5. The Kier molecular flexibility index (Phi) is 3.71. The summed E-state index contributed by atoms with van der Waals surface area (Å²) < 4.78 is 12.2. The Bertz CT molecular complexity index is 919. The third-order valence-corrected chi connectivity index (χ3v) is 4.80. The van der Waals surface area contributed by atoms with E-state index in [1.54, 1.807) is 18.9 Å². The number of rotatable bonds is 3. The molecule has 1 aromatic carbocycles. The molecule has 0 unspecified atom stereocenters. The van der Waals surface area contributed by atoms with Crippen LogP contribution in [-0.2, 0) is 31.4 Å². The number of fused-ring (bicyclic) bond motifs is 2. The number of benzene rings is 1. The van der Waals surface area contributed by atoms with Crippen LogP contribution in [0.5, 0.6) is 11.5 Å². The van der Waals surface area contributed by atoms with E-state index in [0.717, 1.165) is 22.8 Å². The first kappa shape index (κ1) is 15.7. The Labute approximate surface area is 144 Å². The molecule has 0 saturated carbocycles. The van der Waals surface area contributed by atoms with Gasteiger partial charge < -0.3 is 14.4 Å². The number of aromatic nitrogens is 2. The van der Waals surface area contributed by atoms with Gasteiger partial charge in [-0.15, -0.1) is 0 Å². The van der Waals surface area contributed by atoms with E-state index < -0.39 is 0 Å². The van der Waals surface area contributed by atoms with Crippen LogP contribution in [0.1, 0.15) is 29.1 Å². The van der Waals surface area contributed by atoms with Crippen LogP contribution in [0, 0.1) is 6.92 Å². The molecular formula is C18H19N3O4. The molecule has 0 bridgehead atoms. The molecule has 25 heavy (non-hydrogen) atoms. The van der Waals surface area contributed by atoms with Crippen LogP contribution >= 0.6 is 0 Å². The van der Waals surface area contributed by atoms with E-state index in [9.17, 15) is 9.59 Å². The molecule has 4 rings (SSSR count). The minimum absolute atomic E-state index is 0.0235. The van der Waals surface area contributed by atoms with Crippen LogP contribution in [0.2, 0.25) is 0 Å². The van der Waals surface area contributed by atoms with Crippen molar-refractivity contribution in [3.8, 4) is 11.5 Å². The van der Waals surface area contributed by atoms with E-state index in [1.165, 1.54) is 4.57 Å². The fraction of sp³-hybridized carbons (Fsp3) is 0.389. The van der Waals surface area contributed by atoms with Crippen LogP contribution in [0.3, 0.4) is 0 Å². The van der Waals surface area contributed by atoms with Crippen molar-refractivity contribution in [1.82, 2.24) is 14.5 Å². The third-order valence-electron chi connectivity index (χ3n) is 4.80. The van der Waals surface area contributed by atoms with Crippen molar-refractivity contribution in [3.63, 3.8) is 0 Å². The quantitative estimate of drug-likeness (QED) is 0.841. The van der Waals surface area contributed by atoms with E-state index in [0.29, 0.717) is 37.3 Å². The Hall–Kier alpha value is -2.83. The number of hydrogen-bond donors (Lipinski definition) is 0. The molecule has 1 aromatic heterocycles. The highest BCUT2D eigenvalue weighted by Gasteiger charge is 2.27. The highest BCUT2D eigenvalue weighted by Crippen LogP contribution is 2.32. The van der Waals surface area contributed by atoms with Crippen LogP contribution < -0.4 is 15.0 Å². The normalized spacial score (nSPS) is 14.7. The summed E-state index contributed by atoms with van der Waals surface area (Å²) in [5.41, 5.74) is 2.31. The molecule has 2 aliphatic heterocycles. The average Bonchev–Trinajstić information content (AvgIpc) is 3.23. The van der Waals surface area contributed by atoms with Crippen LogP contribution in [-0.4, -0.2) is 27.2 Å². The summed E-state index contributed by atoms with van der Waals surface area (Å²) >= 11 is 0. The second-order valence-electron chi connectivity index (χ2n) is 6.39. The van der Waals surface area contributed by atoms with Gasteiger partial charge in [-0.3, -0.25) is 14.2 Å². The van der Waals surface area contributed by atoms with Gasteiger partial charge >= 0.3 is 0 Å². The predicted octanol–water partition coefficient (Wildman–Crippen LogP) is 1.29. The monoisotopic (exact) mass is 341 g/mol. The Morgan fingerprint density at radius 2 is 2.04 bits per heavy atom. The molecular weight excluding hydrogens is 322 g/mol. The lowest BCUT2D eigenvalue weighted by molar-refractivity contribution is -0.131. The molecule has 0 fully saturated rings. The summed E-state index contributed by atoms with van der Waals surface area (Å²) in [6, 6.07) is 5.72. The highest BCUT2D eigenvalue weighted by molar-refractivity contribution is 5.77. The van der Waals surface area contributed by atoms with Gasteiger partial charge in [-0.25, -0.2) is 4.98 Å². The average molecular weight is 341 g/mol. The standard InChI is InChI=1S/C18H19N3O4/c1-11-19-14-9-21(8-13(14)18(23)20(11)2)17(22)6-4-12-3-5-15-16(7-12)25-10-24-15/h3,5,7H,4,6,8-10H2,1-2H3. The number of nitrogens with zero attached hydrogens (tertiary/aromatic N) is 3. The maximum atomic E-state index is 12.5. The summed E-state index contributed by atoms with van der Waals surface area (Å²) in [5.74, 6) is 2.15. The largest absolute Gasteiger partial charge is 0.454 e. The van der Waals surface area contributed by atoms with Gasteiger partial charge in [0.2, 0.25) is 12.7 Å². The number of carbonyl (C=O) groups is 1. The molecule has 7 nitrogen and oxygen atoms in total. The van der Waals surface area contributed by atoms with E-state index in [4.69, 9.17) is 9.47 Å². The van der Waals surface area contributed by atoms with Crippen molar-refractivity contribution in [3.05, 3.63) is 51.2 Å². The molecule has 0 saturated heterocycles. The number of amides is 1. The lowest BCUT2D eigenvalue weighted by Crippen LogP contribution is -2.27. The van der Waals surface area contributed by atoms with Gasteiger partial charge in [-0.1, -0.05) is 6.07 Å². The van der Waals surface area contributed by atoms with E-state index in [1.807, 2.05) is 18.2 Å². The number of ether oxygens (including phenoxy) is 2. The van der Waals surface area contributed by atoms with E-state index >= 15 is 0 Å². The second-order valence-corrected chi connectivity index (χ2v) is 6.39. The van der Waals surface area contributed by atoms with Gasteiger partial charge in [-0.05, 0) is 31.0 Å². The molecule has 0 aliphatic carbocycles. The number of hydrogen-bond acceptors (Lipinski definition) is 5. The van der Waals surface area contributed by atoms with Crippen LogP contribution in [0.4, 0.5) is 0 Å². The third kappa shape index (κ3) is 2.75. The molecule has 0 spiro atoms. The first-order valence-corrected chi connectivity index (χ1v) is 8.24. The van der Waals surface area contributed by atoms with E-state index in [2.05, 4.69) is 4.98 Å². The van der Waals surface area contributed by atoms with Crippen molar-refractivity contribution < 1.29 is 14.3 Å². The minimum Gasteiger partial charge on any atom is -0.454 e. The first-order chi connectivity index (χ1) is 12.0. The number of carbonyl (C=O) groups excluding carboxylic acids is 1. The highest BCUT2D eigenvalue weighted by atomic mass is 16.7. The zero-order valence-corrected chi connectivity index (χ0v) is 14.2. The van der Waals surface area contributed by atoms with Crippen molar-refractivity contribution in [2.45, 2.75) is 32.9 Å². The first-order valence-electron chi connectivity index (χ1n) is 8.24. The van der Waals surface area contributed by atoms with E-state index in [-0.39, 0.29) is 18.3 Å². The molecule has 0 N–H and O–H groups in total. The SMILES string of the molecule is Cc1nc2c(c(=O)n1C)CN(C(=O)CCc1ccc3c(c1)OCO3)C2. The van der Waals surface area contributed by atoms with Crippen LogP contribution in [0.15, 0.2) is 23.0 Å². The fourth-order valence-corrected chi connectivity index (χ4v) is 3.21. The lowest BCUT2D eigenvalue weighted by atomic mass is 10.1. The summed E-state index contributed by atoms with van der Waals surface area (Å²) in [4.78, 5) is 31.0.